The lowest BCUT2D eigenvalue weighted by Crippen LogP contribution is -2.30. The fourth-order valence-electron chi connectivity index (χ4n) is 3.22. The molecule has 2 aromatic rings. The van der Waals surface area contributed by atoms with Crippen LogP contribution in [0.2, 0.25) is 0 Å². The zero-order valence-corrected chi connectivity index (χ0v) is 19.3. The number of hydrogen-bond donors (Lipinski definition) is 1. The van der Waals surface area contributed by atoms with Gasteiger partial charge in [-0.05, 0) is 54.9 Å². The summed E-state index contributed by atoms with van der Waals surface area (Å²) in [4.78, 5) is 14.6. The van der Waals surface area contributed by atoms with Crippen molar-refractivity contribution >= 4 is 15.9 Å². The number of carbonyl (C=O) groups excluding carboxylic acids is 1. The first-order valence-electron chi connectivity index (χ1n) is 10.6. The lowest BCUT2D eigenvalue weighted by molar-refractivity contribution is -0.121. The number of halogens is 1. The Morgan fingerprint density at radius 3 is 2.23 bits per heavy atom. The Bertz CT molecular complexity index is 945. The molecular weight excluding hydrogens is 417 g/mol. The molecule has 0 aliphatic heterocycles. The monoisotopic (exact) mass is 449 g/mol. The summed E-state index contributed by atoms with van der Waals surface area (Å²) in [6.07, 6.45) is 0.616. The lowest BCUT2D eigenvalue weighted by Gasteiger charge is -2.20. The van der Waals surface area contributed by atoms with Gasteiger partial charge < -0.3 is 5.32 Å². The smallest absolute Gasteiger partial charge is 0.242 e. The van der Waals surface area contributed by atoms with Gasteiger partial charge in [0.25, 0.3) is 0 Å². The zero-order valence-electron chi connectivity index (χ0n) is 18.5. The highest BCUT2D eigenvalue weighted by Crippen LogP contribution is 2.15. The van der Waals surface area contributed by atoms with Crippen LogP contribution in [-0.4, -0.2) is 50.2 Å². The van der Waals surface area contributed by atoms with Gasteiger partial charge in [0.05, 0.1) is 4.90 Å². The third kappa shape index (κ3) is 7.41. The number of nitrogens with one attached hydrogen (secondary N) is 1. The molecule has 2 rings (SSSR count). The molecule has 31 heavy (non-hydrogen) atoms. The number of nitrogens with zero attached hydrogens (tertiary/aromatic N) is 2. The first kappa shape index (κ1) is 25.0. The van der Waals surface area contributed by atoms with Crippen LogP contribution in [0.5, 0.6) is 0 Å². The first-order chi connectivity index (χ1) is 14.8. The molecule has 0 heterocycles. The maximum atomic E-state index is 13.0. The molecule has 0 atom stereocenters. The van der Waals surface area contributed by atoms with Gasteiger partial charge in [-0.2, -0.15) is 0 Å². The van der Waals surface area contributed by atoms with Gasteiger partial charge in [0.2, 0.25) is 15.9 Å². The van der Waals surface area contributed by atoms with Crippen LogP contribution in [0.15, 0.2) is 53.4 Å². The van der Waals surface area contributed by atoms with E-state index in [0.717, 1.165) is 37.3 Å². The van der Waals surface area contributed by atoms with Crippen molar-refractivity contribution in [3.8, 4) is 0 Å². The Morgan fingerprint density at radius 2 is 1.61 bits per heavy atom. The molecule has 0 aliphatic rings. The molecule has 6 nitrogen and oxygen atoms in total. The minimum atomic E-state index is -3.70. The van der Waals surface area contributed by atoms with Crippen molar-refractivity contribution in [2.75, 3.05) is 26.7 Å². The van der Waals surface area contributed by atoms with E-state index in [2.05, 4.69) is 30.1 Å². The topological polar surface area (TPSA) is 69.7 Å². The van der Waals surface area contributed by atoms with Crippen LogP contribution in [0.25, 0.3) is 0 Å². The van der Waals surface area contributed by atoms with Gasteiger partial charge in [-0.15, -0.1) is 0 Å². The molecule has 1 N–H and O–H groups in total. The minimum Gasteiger partial charge on any atom is -0.352 e. The van der Waals surface area contributed by atoms with Crippen molar-refractivity contribution in [3.05, 3.63) is 65.5 Å². The van der Waals surface area contributed by atoms with E-state index in [1.165, 1.54) is 29.0 Å². The third-order valence-electron chi connectivity index (χ3n) is 5.28. The number of benzene rings is 2. The molecule has 0 saturated carbocycles. The molecule has 0 bridgehead atoms. The fraction of sp³-hybridized carbons (Fsp3) is 0.435. The third-order valence-corrected chi connectivity index (χ3v) is 7.15. The van der Waals surface area contributed by atoms with Gasteiger partial charge in [0.1, 0.15) is 5.82 Å². The summed E-state index contributed by atoms with van der Waals surface area (Å²) in [5.41, 5.74) is 2.27. The molecule has 2 aromatic carbocycles. The molecule has 8 heteroatoms. The van der Waals surface area contributed by atoms with Gasteiger partial charge in [-0.3, -0.25) is 9.69 Å². The molecule has 0 aromatic heterocycles. The summed E-state index contributed by atoms with van der Waals surface area (Å²) in [7, 11) is -2.24. The summed E-state index contributed by atoms with van der Waals surface area (Å²) < 4.78 is 39.2. The molecule has 1 amide bonds. The van der Waals surface area contributed by atoms with Crippen molar-refractivity contribution < 1.29 is 17.6 Å². The van der Waals surface area contributed by atoms with E-state index in [0.29, 0.717) is 13.0 Å². The van der Waals surface area contributed by atoms with Crippen LogP contribution in [0.4, 0.5) is 4.39 Å². The van der Waals surface area contributed by atoms with Gasteiger partial charge in [-0.25, -0.2) is 17.1 Å². The van der Waals surface area contributed by atoms with E-state index < -0.39 is 15.8 Å². The van der Waals surface area contributed by atoms with E-state index >= 15 is 0 Å². The lowest BCUT2D eigenvalue weighted by atomic mass is 10.1. The van der Waals surface area contributed by atoms with E-state index in [9.17, 15) is 17.6 Å². The average molecular weight is 450 g/mol. The van der Waals surface area contributed by atoms with Crippen LogP contribution < -0.4 is 5.32 Å². The summed E-state index contributed by atoms with van der Waals surface area (Å²) in [6, 6.07) is 12.8. The van der Waals surface area contributed by atoms with Crippen LogP contribution in [0.1, 0.15) is 37.8 Å². The molecule has 0 fully saturated rings. The first-order valence-corrected chi connectivity index (χ1v) is 12.0. The molecule has 0 saturated heterocycles. The normalized spacial score (nSPS) is 11.8. The second-order valence-corrected chi connectivity index (χ2v) is 9.44. The van der Waals surface area contributed by atoms with Gasteiger partial charge in [-0.1, -0.05) is 38.1 Å². The number of rotatable bonds is 12. The summed E-state index contributed by atoms with van der Waals surface area (Å²) in [5.74, 6) is -0.609. The van der Waals surface area contributed by atoms with Crippen molar-refractivity contribution in [2.45, 2.75) is 44.7 Å². The molecule has 0 unspecified atom stereocenters. The van der Waals surface area contributed by atoms with Crippen LogP contribution in [0, 0.1) is 5.82 Å². The highest BCUT2D eigenvalue weighted by Gasteiger charge is 2.20. The largest absolute Gasteiger partial charge is 0.352 e. The fourth-order valence-corrected chi connectivity index (χ4v) is 4.43. The Morgan fingerprint density at radius 1 is 1.00 bits per heavy atom. The molecule has 0 spiro atoms. The van der Waals surface area contributed by atoms with Crippen LogP contribution in [0.3, 0.4) is 0 Å². The molecule has 170 valence electrons. The molecule has 0 aliphatic carbocycles. The highest BCUT2D eigenvalue weighted by molar-refractivity contribution is 7.89. The summed E-state index contributed by atoms with van der Waals surface area (Å²) >= 11 is 0. The van der Waals surface area contributed by atoms with E-state index in [1.54, 1.807) is 0 Å². The van der Waals surface area contributed by atoms with Gasteiger partial charge in [0, 0.05) is 33.1 Å². The van der Waals surface area contributed by atoms with Crippen molar-refractivity contribution in [2.24, 2.45) is 0 Å². The molecular formula is C23H32FN3O3S. The van der Waals surface area contributed by atoms with Gasteiger partial charge in [0.15, 0.2) is 0 Å². The average Bonchev–Trinajstić information content (AvgIpc) is 2.76. The quantitative estimate of drug-likeness (QED) is 0.539. The number of amides is 1. The van der Waals surface area contributed by atoms with Gasteiger partial charge >= 0.3 is 0 Å². The highest BCUT2D eigenvalue weighted by atomic mass is 32.2. The van der Waals surface area contributed by atoms with Crippen LogP contribution in [-0.2, 0) is 27.9 Å². The maximum Gasteiger partial charge on any atom is 0.242 e. The molecule has 0 radical (unpaired) electrons. The number of carbonyl (C=O) groups is 1. The number of hydrogen-bond acceptors (Lipinski definition) is 4. The number of sulfonamides is 1. The van der Waals surface area contributed by atoms with Crippen molar-refractivity contribution in [1.82, 2.24) is 14.5 Å². The Hall–Kier alpha value is -2.29. The van der Waals surface area contributed by atoms with Crippen molar-refractivity contribution in [3.63, 3.8) is 0 Å². The van der Waals surface area contributed by atoms with E-state index in [1.807, 2.05) is 18.2 Å². The summed E-state index contributed by atoms with van der Waals surface area (Å²) in [5, 5.41) is 2.93. The maximum absolute atomic E-state index is 13.0. The second-order valence-electron chi connectivity index (χ2n) is 7.39. The minimum absolute atomic E-state index is 0.0330. The Kier molecular flexibility index (Phi) is 9.61. The van der Waals surface area contributed by atoms with E-state index in [4.69, 9.17) is 0 Å². The zero-order chi connectivity index (χ0) is 22.9. The Labute approximate surface area is 185 Å². The standard InChI is InChI=1S/C23H32FN3O3S/c1-4-27(5-2)18-20-10-7-6-9-19(20)17-25-23(28)11-8-16-26(3)31(29,30)22-14-12-21(24)13-15-22/h6-7,9-10,12-15H,4-5,8,11,16-18H2,1-3H3,(H,25,28). The van der Waals surface area contributed by atoms with Crippen LogP contribution >= 0.6 is 0 Å². The predicted octanol–water partition coefficient (Wildman–Crippen LogP) is 3.38. The second kappa shape index (κ2) is 11.9. The Balaban J connectivity index is 1.83. The predicted molar refractivity (Wildman–Crippen MR) is 120 cm³/mol. The SMILES string of the molecule is CCN(CC)Cc1ccccc1CNC(=O)CCCN(C)S(=O)(=O)c1ccc(F)cc1. The van der Waals surface area contributed by atoms with Crippen molar-refractivity contribution in [1.29, 1.82) is 0 Å². The van der Waals surface area contributed by atoms with E-state index in [-0.39, 0.29) is 23.8 Å². The summed E-state index contributed by atoms with van der Waals surface area (Å²) in [6.45, 7) is 7.66.